The maximum atomic E-state index is 13.4. The van der Waals surface area contributed by atoms with Gasteiger partial charge in [0.15, 0.2) is 11.5 Å². The van der Waals surface area contributed by atoms with E-state index in [2.05, 4.69) is 9.88 Å². The summed E-state index contributed by atoms with van der Waals surface area (Å²) in [7, 11) is 4.50. The number of hydrogen-bond acceptors (Lipinski definition) is 6. The maximum Gasteiger partial charge on any atom is 0.251 e. The van der Waals surface area contributed by atoms with Crippen LogP contribution >= 0.6 is 11.6 Å². The van der Waals surface area contributed by atoms with E-state index in [1.807, 2.05) is 18.2 Å². The molecule has 1 atom stereocenters. The molecule has 5 rings (SSSR count). The summed E-state index contributed by atoms with van der Waals surface area (Å²) in [6.07, 6.45) is 0.898. The average Bonchev–Trinajstić information content (AvgIpc) is 3.33. The van der Waals surface area contributed by atoms with E-state index in [4.69, 9.17) is 25.8 Å². The number of rotatable bonds is 5. The number of anilines is 1. The first kappa shape index (κ1) is 21.6. The number of methoxy groups -OCH3 is 3. The third-order valence-electron chi connectivity index (χ3n) is 6.44. The van der Waals surface area contributed by atoms with Gasteiger partial charge >= 0.3 is 0 Å². The second-order valence-corrected chi connectivity index (χ2v) is 8.60. The number of nitrogens with one attached hydrogen (secondary N) is 1. The normalized spacial score (nSPS) is 18.7. The van der Waals surface area contributed by atoms with E-state index in [0.29, 0.717) is 41.0 Å². The molecule has 0 aliphatic carbocycles. The van der Waals surface area contributed by atoms with Gasteiger partial charge in [-0.3, -0.25) is 14.5 Å². The number of nitrogens with zero attached hydrogens (tertiary/aromatic N) is 2. The van der Waals surface area contributed by atoms with Crippen molar-refractivity contribution in [2.24, 2.45) is 0 Å². The predicted molar refractivity (Wildman–Crippen MR) is 124 cm³/mol. The molecule has 0 saturated carbocycles. The van der Waals surface area contributed by atoms with E-state index in [-0.39, 0.29) is 18.2 Å². The number of aromatic amines is 1. The van der Waals surface area contributed by atoms with Crippen molar-refractivity contribution in [3.05, 3.63) is 46.6 Å². The summed E-state index contributed by atoms with van der Waals surface area (Å²) < 4.78 is 16.1. The van der Waals surface area contributed by atoms with Gasteiger partial charge < -0.3 is 19.2 Å². The van der Waals surface area contributed by atoms with E-state index < -0.39 is 6.04 Å². The van der Waals surface area contributed by atoms with Crippen LogP contribution in [0, 0.1) is 0 Å². The van der Waals surface area contributed by atoms with Gasteiger partial charge in [0.25, 0.3) is 5.91 Å². The summed E-state index contributed by atoms with van der Waals surface area (Å²) >= 11 is 6.18. The second kappa shape index (κ2) is 8.28. The third-order valence-corrected chi connectivity index (χ3v) is 6.67. The van der Waals surface area contributed by atoms with Gasteiger partial charge in [0, 0.05) is 46.8 Å². The highest BCUT2D eigenvalue weighted by molar-refractivity contribution is 6.31. The van der Waals surface area contributed by atoms with Crippen molar-refractivity contribution in [1.82, 2.24) is 9.88 Å². The first-order valence-electron chi connectivity index (χ1n) is 10.6. The van der Waals surface area contributed by atoms with Crippen LogP contribution in [0.3, 0.4) is 0 Å². The molecule has 33 heavy (non-hydrogen) atoms. The van der Waals surface area contributed by atoms with Crippen LogP contribution in [-0.2, 0) is 22.6 Å². The lowest BCUT2D eigenvalue weighted by molar-refractivity contribution is -0.123. The molecule has 1 aromatic heterocycles. The number of aromatic nitrogens is 1. The van der Waals surface area contributed by atoms with Gasteiger partial charge in [-0.1, -0.05) is 11.6 Å². The van der Waals surface area contributed by atoms with Gasteiger partial charge in [0.05, 0.1) is 39.5 Å². The first-order chi connectivity index (χ1) is 15.9. The van der Waals surface area contributed by atoms with Crippen molar-refractivity contribution < 1.29 is 23.8 Å². The lowest BCUT2D eigenvalue weighted by Gasteiger charge is -2.30. The molecule has 1 saturated heterocycles. The number of hydrogen-bond donors (Lipinski definition) is 1. The van der Waals surface area contributed by atoms with Gasteiger partial charge in [-0.05, 0) is 30.2 Å². The van der Waals surface area contributed by atoms with Crippen LogP contribution in [0.15, 0.2) is 30.3 Å². The van der Waals surface area contributed by atoms with Crippen LogP contribution in [-0.4, -0.2) is 55.6 Å². The zero-order valence-corrected chi connectivity index (χ0v) is 19.4. The number of carbonyl (C=O) groups excluding carboxylic acids is 2. The monoisotopic (exact) mass is 469 g/mol. The van der Waals surface area contributed by atoms with Gasteiger partial charge in [0.2, 0.25) is 11.7 Å². The molecule has 0 spiro atoms. The smallest absolute Gasteiger partial charge is 0.251 e. The van der Waals surface area contributed by atoms with Crippen molar-refractivity contribution in [3.8, 4) is 17.2 Å². The Balaban J connectivity index is 1.43. The number of H-pyrrole nitrogens is 1. The lowest BCUT2D eigenvalue weighted by Crippen LogP contribution is -2.44. The van der Waals surface area contributed by atoms with Crippen LogP contribution in [0.1, 0.15) is 17.7 Å². The molecule has 2 aliphatic rings. The summed E-state index contributed by atoms with van der Waals surface area (Å²) in [5, 5.41) is 1.81. The Morgan fingerprint density at radius 1 is 1.03 bits per heavy atom. The highest BCUT2D eigenvalue weighted by atomic mass is 35.5. The number of carbonyl (C=O) groups is 2. The number of halogens is 1. The third kappa shape index (κ3) is 3.50. The highest BCUT2D eigenvalue weighted by Crippen LogP contribution is 2.42. The number of imide groups is 1. The number of amides is 2. The molecule has 2 aliphatic heterocycles. The molecule has 3 heterocycles. The van der Waals surface area contributed by atoms with Crippen molar-refractivity contribution >= 4 is 40.0 Å². The fourth-order valence-corrected chi connectivity index (χ4v) is 5.04. The Hall–Kier alpha value is -3.23. The molecule has 9 heteroatoms. The first-order valence-corrected chi connectivity index (χ1v) is 11.0. The highest BCUT2D eigenvalue weighted by Gasteiger charge is 2.44. The molecule has 0 bridgehead atoms. The van der Waals surface area contributed by atoms with Crippen LogP contribution in [0.4, 0.5) is 5.69 Å². The van der Waals surface area contributed by atoms with Crippen molar-refractivity contribution in [3.63, 3.8) is 0 Å². The summed E-state index contributed by atoms with van der Waals surface area (Å²) in [6.45, 7) is 1.24. The van der Waals surface area contributed by atoms with Crippen LogP contribution in [0.2, 0.25) is 5.02 Å². The standard InChI is InChI=1S/C24H24ClN3O5/c1-31-20-9-14(10-21(32-2)23(20)33-3)28-22(29)11-19(24(28)30)27-7-6-15-16-8-13(25)4-5-17(16)26-18(15)12-27/h4-5,8-10,19,26H,6-7,11-12H2,1-3H3. The summed E-state index contributed by atoms with van der Waals surface area (Å²) in [4.78, 5) is 33.1. The molecule has 2 aromatic carbocycles. The summed E-state index contributed by atoms with van der Waals surface area (Å²) in [5.74, 6) is 0.665. The molecule has 1 fully saturated rings. The van der Waals surface area contributed by atoms with Crippen LogP contribution in [0.25, 0.3) is 10.9 Å². The minimum absolute atomic E-state index is 0.122. The molecular weight excluding hydrogens is 446 g/mol. The molecule has 172 valence electrons. The SMILES string of the molecule is COc1cc(N2C(=O)CC(N3CCc4c([nH]c5ccc(Cl)cc45)C3)C2=O)cc(OC)c1OC. The fourth-order valence-electron chi connectivity index (χ4n) is 4.87. The topological polar surface area (TPSA) is 84.1 Å². The van der Waals surface area contributed by atoms with Crippen molar-refractivity contribution in [1.29, 1.82) is 0 Å². The van der Waals surface area contributed by atoms with Gasteiger partial charge in [0.1, 0.15) is 0 Å². The number of benzene rings is 2. The molecule has 1 N–H and O–H groups in total. The average molecular weight is 470 g/mol. The Morgan fingerprint density at radius 3 is 2.42 bits per heavy atom. The minimum atomic E-state index is -0.528. The molecule has 8 nitrogen and oxygen atoms in total. The second-order valence-electron chi connectivity index (χ2n) is 8.16. The van der Waals surface area contributed by atoms with E-state index >= 15 is 0 Å². The lowest BCUT2D eigenvalue weighted by atomic mass is 10.0. The van der Waals surface area contributed by atoms with E-state index in [9.17, 15) is 9.59 Å². The number of fused-ring (bicyclic) bond motifs is 3. The minimum Gasteiger partial charge on any atom is -0.493 e. The zero-order valence-electron chi connectivity index (χ0n) is 18.6. The molecular formula is C24H24ClN3O5. The largest absolute Gasteiger partial charge is 0.493 e. The molecule has 1 unspecified atom stereocenters. The summed E-state index contributed by atoms with van der Waals surface area (Å²) in [5.41, 5.74) is 3.71. The van der Waals surface area contributed by atoms with Gasteiger partial charge in [-0.2, -0.15) is 0 Å². The maximum absolute atomic E-state index is 13.4. The Morgan fingerprint density at radius 2 is 1.76 bits per heavy atom. The summed E-state index contributed by atoms with van der Waals surface area (Å²) in [6, 6.07) is 8.51. The van der Waals surface area contributed by atoms with E-state index in [0.717, 1.165) is 23.0 Å². The van der Waals surface area contributed by atoms with E-state index in [1.54, 1.807) is 12.1 Å². The van der Waals surface area contributed by atoms with Crippen LogP contribution in [0.5, 0.6) is 17.2 Å². The predicted octanol–water partition coefficient (Wildman–Crippen LogP) is 3.54. The van der Waals surface area contributed by atoms with Crippen molar-refractivity contribution in [2.75, 3.05) is 32.8 Å². The molecule has 3 aromatic rings. The van der Waals surface area contributed by atoms with Crippen molar-refractivity contribution in [2.45, 2.75) is 25.4 Å². The molecule has 0 radical (unpaired) electrons. The Bertz CT molecular complexity index is 1250. The van der Waals surface area contributed by atoms with Gasteiger partial charge in [-0.25, -0.2) is 4.90 Å². The Labute approximate surface area is 196 Å². The molecule has 2 amide bonds. The fraction of sp³-hybridized carbons (Fsp3) is 0.333. The Kier molecular flexibility index (Phi) is 5.42. The quantitative estimate of drug-likeness (QED) is 0.575. The van der Waals surface area contributed by atoms with E-state index in [1.165, 1.54) is 31.8 Å². The van der Waals surface area contributed by atoms with Crippen LogP contribution < -0.4 is 19.1 Å². The zero-order chi connectivity index (χ0) is 23.3. The number of ether oxygens (including phenoxy) is 3. The van der Waals surface area contributed by atoms with Gasteiger partial charge in [-0.15, -0.1) is 0 Å².